The topological polar surface area (TPSA) is 38.7 Å². The maximum atomic E-state index is 12.0. The van der Waals surface area contributed by atoms with Crippen LogP contribution in [0.2, 0.25) is 0 Å². The van der Waals surface area contributed by atoms with Gasteiger partial charge < -0.3 is 4.74 Å². The van der Waals surface area contributed by atoms with Gasteiger partial charge >= 0.3 is 0 Å². The van der Waals surface area contributed by atoms with E-state index in [0.29, 0.717) is 0 Å². The van der Waals surface area contributed by atoms with Crippen LogP contribution in [-0.2, 0) is 4.79 Å². The van der Waals surface area contributed by atoms with Gasteiger partial charge in [0.25, 0.3) is 0 Å². The predicted molar refractivity (Wildman–Crippen MR) is 72.7 cm³/mol. The second-order valence-corrected chi connectivity index (χ2v) is 5.74. The Morgan fingerprint density at radius 1 is 1.00 bits per heavy atom. The monoisotopic (exact) mass is 245 g/mol. The van der Waals surface area contributed by atoms with Crippen molar-refractivity contribution in [2.24, 2.45) is 15.8 Å². The Balaban J connectivity index is 2.35. The summed E-state index contributed by atoms with van der Waals surface area (Å²) in [5, 5.41) is 0. The second-order valence-electron chi connectivity index (χ2n) is 5.74. The number of Topliss-reactive ketones (excluding diaryl/α,β-unsaturated/α-hetero) is 1. The van der Waals surface area contributed by atoms with Crippen molar-refractivity contribution in [3.8, 4) is 5.75 Å². The second kappa shape index (κ2) is 3.94. The first-order chi connectivity index (χ1) is 8.30. The number of carbonyl (C=O) groups excluding carboxylic acids is 1. The van der Waals surface area contributed by atoms with E-state index in [4.69, 9.17) is 4.74 Å². The van der Waals surface area contributed by atoms with Crippen LogP contribution in [0.4, 0.5) is 5.69 Å². The van der Waals surface area contributed by atoms with Gasteiger partial charge in [-0.25, -0.2) is 0 Å². The van der Waals surface area contributed by atoms with Crippen LogP contribution in [-0.4, -0.2) is 18.6 Å². The standard InChI is InChI=1S/C15H19NO2/c1-14(2)12(15(3,4)13(14)17)16-10-6-8-11(18-5)9-7-10/h6-9H,1-5H3. The summed E-state index contributed by atoms with van der Waals surface area (Å²) >= 11 is 0. The third-order valence-corrected chi connectivity index (χ3v) is 3.63. The van der Waals surface area contributed by atoms with Crippen molar-refractivity contribution < 1.29 is 9.53 Å². The van der Waals surface area contributed by atoms with Crippen molar-refractivity contribution in [1.29, 1.82) is 0 Å². The van der Waals surface area contributed by atoms with Crippen LogP contribution < -0.4 is 4.74 Å². The molecule has 3 nitrogen and oxygen atoms in total. The molecule has 1 aliphatic rings. The molecular weight excluding hydrogens is 226 g/mol. The third-order valence-electron chi connectivity index (χ3n) is 3.63. The molecule has 0 aromatic heterocycles. The molecule has 0 unspecified atom stereocenters. The van der Waals surface area contributed by atoms with Crippen molar-refractivity contribution in [3.63, 3.8) is 0 Å². The summed E-state index contributed by atoms with van der Waals surface area (Å²) in [5.74, 6) is 1.06. The summed E-state index contributed by atoms with van der Waals surface area (Å²) in [5.41, 5.74) is 0.928. The molecule has 3 heteroatoms. The number of carbonyl (C=O) groups is 1. The molecule has 1 aliphatic carbocycles. The van der Waals surface area contributed by atoms with E-state index in [1.807, 2.05) is 52.0 Å². The minimum absolute atomic E-state index is 0.252. The van der Waals surface area contributed by atoms with E-state index in [0.717, 1.165) is 17.1 Å². The number of ketones is 1. The molecule has 0 amide bonds. The van der Waals surface area contributed by atoms with E-state index in [1.165, 1.54) is 0 Å². The molecule has 0 atom stereocenters. The van der Waals surface area contributed by atoms with Crippen molar-refractivity contribution in [1.82, 2.24) is 0 Å². The predicted octanol–water partition coefficient (Wildman–Crippen LogP) is 3.40. The number of benzene rings is 1. The van der Waals surface area contributed by atoms with Crippen molar-refractivity contribution >= 4 is 17.2 Å². The molecule has 0 heterocycles. The van der Waals surface area contributed by atoms with Crippen molar-refractivity contribution in [2.45, 2.75) is 27.7 Å². The van der Waals surface area contributed by atoms with Gasteiger partial charge in [-0.15, -0.1) is 0 Å². The first-order valence-electron chi connectivity index (χ1n) is 6.09. The summed E-state index contributed by atoms with van der Waals surface area (Å²) in [6, 6.07) is 7.56. The molecule has 0 aliphatic heterocycles. The lowest BCUT2D eigenvalue weighted by Crippen LogP contribution is -2.61. The van der Waals surface area contributed by atoms with E-state index in [-0.39, 0.29) is 5.78 Å². The fraction of sp³-hybridized carbons (Fsp3) is 0.467. The van der Waals surface area contributed by atoms with Gasteiger partial charge in [0, 0.05) is 5.71 Å². The van der Waals surface area contributed by atoms with Crippen molar-refractivity contribution in [2.75, 3.05) is 7.11 Å². The summed E-state index contributed by atoms with van der Waals surface area (Å²) in [6.07, 6.45) is 0. The van der Waals surface area contributed by atoms with Gasteiger partial charge in [-0.2, -0.15) is 0 Å². The fourth-order valence-electron chi connectivity index (χ4n) is 2.78. The molecule has 18 heavy (non-hydrogen) atoms. The van der Waals surface area contributed by atoms with E-state index in [1.54, 1.807) is 7.11 Å². The van der Waals surface area contributed by atoms with Crippen LogP contribution in [0.1, 0.15) is 27.7 Å². The number of rotatable bonds is 2. The number of aliphatic imine (C=N–C) groups is 1. The Labute approximate surface area is 108 Å². The van der Waals surface area contributed by atoms with Crippen LogP contribution in [0.15, 0.2) is 29.3 Å². The Hall–Kier alpha value is -1.64. The Bertz CT molecular complexity index is 490. The van der Waals surface area contributed by atoms with Crippen LogP contribution in [0.25, 0.3) is 0 Å². The lowest BCUT2D eigenvalue weighted by atomic mass is 9.53. The Kier molecular flexibility index (Phi) is 2.80. The van der Waals surface area contributed by atoms with Gasteiger partial charge in [-0.1, -0.05) is 0 Å². The molecule has 0 saturated heterocycles. The summed E-state index contributed by atoms with van der Waals surface area (Å²) < 4.78 is 5.11. The quantitative estimate of drug-likeness (QED) is 0.801. The van der Waals surface area contributed by atoms with Gasteiger partial charge in [-0.05, 0) is 52.0 Å². The summed E-state index contributed by atoms with van der Waals surface area (Å²) in [6.45, 7) is 7.73. The van der Waals surface area contributed by atoms with Gasteiger partial charge in [-0.3, -0.25) is 9.79 Å². The average Bonchev–Trinajstić information content (AvgIpc) is 2.35. The minimum atomic E-state index is -0.441. The number of nitrogens with zero attached hydrogens (tertiary/aromatic N) is 1. The van der Waals surface area contributed by atoms with Crippen LogP contribution in [0.3, 0.4) is 0 Å². The van der Waals surface area contributed by atoms with Crippen LogP contribution >= 0.6 is 0 Å². The number of hydrogen-bond acceptors (Lipinski definition) is 3. The van der Waals surface area contributed by atoms with Gasteiger partial charge in [0.2, 0.25) is 0 Å². The number of hydrogen-bond donors (Lipinski definition) is 0. The number of methoxy groups -OCH3 is 1. The minimum Gasteiger partial charge on any atom is -0.497 e. The summed E-state index contributed by atoms with van der Waals surface area (Å²) in [7, 11) is 1.64. The molecule has 0 spiro atoms. The zero-order valence-corrected chi connectivity index (χ0v) is 11.6. The molecular formula is C15H19NO2. The Morgan fingerprint density at radius 3 is 1.94 bits per heavy atom. The highest BCUT2D eigenvalue weighted by atomic mass is 16.5. The lowest BCUT2D eigenvalue weighted by molar-refractivity contribution is -0.134. The molecule has 1 fully saturated rings. The maximum absolute atomic E-state index is 12.0. The molecule has 1 aromatic rings. The van der Waals surface area contributed by atoms with E-state index < -0.39 is 10.8 Å². The molecule has 0 radical (unpaired) electrons. The lowest BCUT2D eigenvalue weighted by Gasteiger charge is -2.48. The zero-order valence-electron chi connectivity index (χ0n) is 11.6. The molecule has 1 saturated carbocycles. The van der Waals surface area contributed by atoms with Gasteiger partial charge in [0.15, 0.2) is 5.78 Å². The smallest absolute Gasteiger partial charge is 0.155 e. The normalized spacial score (nSPS) is 20.3. The highest BCUT2D eigenvalue weighted by Gasteiger charge is 2.58. The van der Waals surface area contributed by atoms with E-state index >= 15 is 0 Å². The zero-order chi connectivity index (χ0) is 13.6. The highest BCUT2D eigenvalue weighted by Crippen LogP contribution is 2.48. The third kappa shape index (κ3) is 1.74. The molecule has 96 valence electrons. The first-order valence-corrected chi connectivity index (χ1v) is 6.09. The van der Waals surface area contributed by atoms with E-state index in [9.17, 15) is 4.79 Å². The molecule has 1 aromatic carbocycles. The highest BCUT2D eigenvalue weighted by molar-refractivity contribution is 6.32. The largest absolute Gasteiger partial charge is 0.497 e. The van der Waals surface area contributed by atoms with E-state index in [2.05, 4.69) is 4.99 Å². The fourth-order valence-corrected chi connectivity index (χ4v) is 2.78. The summed E-state index contributed by atoms with van der Waals surface area (Å²) in [4.78, 5) is 16.6. The molecule has 0 N–H and O–H groups in total. The maximum Gasteiger partial charge on any atom is 0.155 e. The average molecular weight is 245 g/mol. The molecule has 2 rings (SSSR count). The first kappa shape index (κ1) is 12.8. The van der Waals surface area contributed by atoms with Crippen LogP contribution in [0, 0.1) is 10.8 Å². The number of ether oxygens (including phenoxy) is 1. The van der Waals surface area contributed by atoms with Crippen LogP contribution in [0.5, 0.6) is 5.75 Å². The molecule has 0 bridgehead atoms. The Morgan fingerprint density at radius 2 is 1.50 bits per heavy atom. The van der Waals surface area contributed by atoms with Gasteiger partial charge in [0.1, 0.15) is 5.75 Å². The van der Waals surface area contributed by atoms with Gasteiger partial charge in [0.05, 0.1) is 23.6 Å². The SMILES string of the molecule is COc1ccc(N=C2C(C)(C)C(=O)C2(C)C)cc1. The van der Waals surface area contributed by atoms with Crippen molar-refractivity contribution in [3.05, 3.63) is 24.3 Å².